The summed E-state index contributed by atoms with van der Waals surface area (Å²) in [6, 6.07) is 11.0. The van der Waals surface area contributed by atoms with Crippen molar-refractivity contribution in [2.24, 2.45) is 0 Å². The van der Waals surface area contributed by atoms with Crippen LogP contribution in [-0.4, -0.2) is 39.5 Å². The van der Waals surface area contributed by atoms with Crippen LogP contribution in [0.2, 0.25) is 0 Å². The third-order valence-electron chi connectivity index (χ3n) is 3.52. The maximum atomic E-state index is 12.9. The van der Waals surface area contributed by atoms with Gasteiger partial charge in [-0.25, -0.2) is 9.37 Å². The predicted octanol–water partition coefficient (Wildman–Crippen LogP) is 3.58. The van der Waals surface area contributed by atoms with Gasteiger partial charge in [0.1, 0.15) is 12.4 Å². The van der Waals surface area contributed by atoms with E-state index in [4.69, 9.17) is 0 Å². The number of nitrogens with one attached hydrogen (secondary N) is 1. The first kappa shape index (κ1) is 19.9. The fourth-order valence-corrected chi connectivity index (χ4v) is 2.96. The number of hydrogen-bond acceptors (Lipinski definition) is 4. The fourth-order valence-electron chi connectivity index (χ4n) is 2.22. The van der Waals surface area contributed by atoms with Crippen LogP contribution in [0.4, 0.5) is 10.1 Å². The van der Waals surface area contributed by atoms with Gasteiger partial charge >= 0.3 is 0 Å². The van der Waals surface area contributed by atoms with Crippen molar-refractivity contribution in [3.63, 3.8) is 0 Å². The molecule has 5 nitrogen and oxygen atoms in total. The second-order valence-corrected chi connectivity index (χ2v) is 7.66. The zero-order chi connectivity index (χ0) is 19.2. The molecule has 0 atom stereocenters. The third-order valence-corrected chi connectivity index (χ3v) is 4.45. The maximum absolute atomic E-state index is 12.9. The van der Waals surface area contributed by atoms with Crippen LogP contribution in [0.3, 0.4) is 0 Å². The largest absolute Gasteiger partial charge is 0.328 e. The summed E-state index contributed by atoms with van der Waals surface area (Å²) in [5.41, 5.74) is -0.0254. The molecule has 0 aliphatic heterocycles. The Labute approximate surface area is 157 Å². The van der Waals surface area contributed by atoms with Crippen molar-refractivity contribution in [3.8, 4) is 0 Å². The van der Waals surface area contributed by atoms with Gasteiger partial charge in [0.2, 0.25) is 11.8 Å². The van der Waals surface area contributed by atoms with Crippen LogP contribution >= 0.6 is 11.8 Å². The summed E-state index contributed by atoms with van der Waals surface area (Å²) in [7, 11) is 0. The normalized spacial score (nSPS) is 11.1. The average Bonchev–Trinajstić information content (AvgIpc) is 2.59. The molecule has 138 valence electrons. The molecule has 0 saturated heterocycles. The number of carbonyl (C=O) groups is 2. The quantitative estimate of drug-likeness (QED) is 0.784. The van der Waals surface area contributed by atoms with Crippen LogP contribution in [0.5, 0.6) is 0 Å². The molecule has 0 spiro atoms. The van der Waals surface area contributed by atoms with Gasteiger partial charge in [0, 0.05) is 17.4 Å². The van der Waals surface area contributed by atoms with Crippen molar-refractivity contribution in [2.75, 3.05) is 17.6 Å². The minimum Gasteiger partial charge on any atom is -0.328 e. The molecule has 26 heavy (non-hydrogen) atoms. The van der Waals surface area contributed by atoms with Crippen molar-refractivity contribution >= 4 is 29.3 Å². The lowest BCUT2D eigenvalue weighted by molar-refractivity contribution is -0.137. The van der Waals surface area contributed by atoms with Crippen LogP contribution in [0, 0.1) is 5.82 Å². The van der Waals surface area contributed by atoms with E-state index in [9.17, 15) is 14.0 Å². The summed E-state index contributed by atoms with van der Waals surface area (Å²) in [4.78, 5) is 30.7. The minimum absolute atomic E-state index is 0.0809. The maximum Gasteiger partial charge on any atom is 0.244 e. The predicted molar refractivity (Wildman–Crippen MR) is 101 cm³/mol. The molecule has 1 aromatic heterocycles. The van der Waals surface area contributed by atoms with Crippen molar-refractivity contribution < 1.29 is 14.0 Å². The van der Waals surface area contributed by atoms with Crippen molar-refractivity contribution in [1.82, 2.24) is 9.88 Å². The number of benzene rings is 1. The highest BCUT2D eigenvalue weighted by molar-refractivity contribution is 7.99. The van der Waals surface area contributed by atoms with Gasteiger partial charge in [-0.1, -0.05) is 17.8 Å². The summed E-state index contributed by atoms with van der Waals surface area (Å²) in [5.74, 6) is -0.663. The zero-order valence-electron chi connectivity index (χ0n) is 15.0. The van der Waals surface area contributed by atoms with Crippen molar-refractivity contribution in [1.29, 1.82) is 0 Å². The average molecular weight is 375 g/mol. The van der Waals surface area contributed by atoms with Crippen LogP contribution in [0.1, 0.15) is 20.8 Å². The van der Waals surface area contributed by atoms with E-state index < -0.39 is 5.54 Å². The van der Waals surface area contributed by atoms with E-state index in [1.54, 1.807) is 6.20 Å². The van der Waals surface area contributed by atoms with Gasteiger partial charge in [0.05, 0.1) is 10.8 Å². The molecule has 0 aliphatic rings. The molecule has 1 heterocycles. The highest BCUT2D eigenvalue weighted by atomic mass is 32.2. The fraction of sp³-hybridized carbons (Fsp3) is 0.316. The SMILES string of the molecule is CC(C)(C)N(CC(=O)Nc1ccc(F)cc1)C(=O)CSc1ccccn1. The van der Waals surface area contributed by atoms with Gasteiger partial charge in [-0.3, -0.25) is 9.59 Å². The molecule has 0 radical (unpaired) electrons. The van der Waals surface area contributed by atoms with Gasteiger partial charge < -0.3 is 10.2 Å². The lowest BCUT2D eigenvalue weighted by Gasteiger charge is -2.35. The van der Waals surface area contributed by atoms with Gasteiger partial charge in [-0.05, 0) is 57.2 Å². The summed E-state index contributed by atoms with van der Waals surface area (Å²) in [6.07, 6.45) is 1.67. The molecule has 0 fully saturated rings. The van der Waals surface area contributed by atoms with Crippen molar-refractivity contribution in [2.45, 2.75) is 31.3 Å². The molecule has 0 unspecified atom stereocenters. The number of amides is 2. The number of nitrogens with zero attached hydrogens (tertiary/aromatic N) is 2. The summed E-state index contributed by atoms with van der Waals surface area (Å²) in [6.45, 7) is 5.55. The smallest absolute Gasteiger partial charge is 0.244 e. The van der Waals surface area contributed by atoms with Crippen LogP contribution < -0.4 is 5.32 Å². The topological polar surface area (TPSA) is 62.3 Å². The molecule has 0 saturated carbocycles. The van der Waals surface area contributed by atoms with Crippen LogP contribution in [-0.2, 0) is 9.59 Å². The molecule has 2 amide bonds. The molecule has 2 aromatic rings. The standard InChI is InChI=1S/C19H22FN3O2S/c1-19(2,3)23(18(25)13-26-17-6-4-5-11-21-17)12-16(24)22-15-9-7-14(20)8-10-15/h4-11H,12-13H2,1-3H3,(H,22,24). The first-order valence-corrected chi connectivity index (χ1v) is 9.14. The Morgan fingerprint density at radius 3 is 2.42 bits per heavy atom. The Morgan fingerprint density at radius 2 is 1.85 bits per heavy atom. The molecule has 0 bridgehead atoms. The second-order valence-electron chi connectivity index (χ2n) is 6.66. The number of hydrogen-bond donors (Lipinski definition) is 1. The van der Waals surface area contributed by atoms with Gasteiger partial charge in [0.25, 0.3) is 0 Å². The van der Waals surface area contributed by atoms with E-state index in [1.165, 1.54) is 40.9 Å². The first-order valence-electron chi connectivity index (χ1n) is 8.15. The first-order chi connectivity index (χ1) is 12.3. The van der Waals surface area contributed by atoms with Crippen LogP contribution in [0.15, 0.2) is 53.7 Å². The zero-order valence-corrected chi connectivity index (χ0v) is 15.8. The lowest BCUT2D eigenvalue weighted by Crippen LogP contribution is -2.50. The van der Waals surface area contributed by atoms with Crippen molar-refractivity contribution in [3.05, 3.63) is 54.5 Å². The Morgan fingerprint density at radius 1 is 1.15 bits per heavy atom. The van der Waals surface area contributed by atoms with Gasteiger partial charge in [-0.15, -0.1) is 0 Å². The number of pyridine rings is 1. The Balaban J connectivity index is 1.98. The highest BCUT2D eigenvalue weighted by Crippen LogP contribution is 2.19. The number of carbonyl (C=O) groups excluding carboxylic acids is 2. The lowest BCUT2D eigenvalue weighted by atomic mass is 10.1. The van der Waals surface area contributed by atoms with Crippen LogP contribution in [0.25, 0.3) is 0 Å². The number of anilines is 1. The number of halogens is 1. The number of aromatic nitrogens is 1. The molecule has 1 N–H and O–H groups in total. The molecule has 1 aromatic carbocycles. The molecule has 2 rings (SSSR count). The Kier molecular flexibility index (Phi) is 6.74. The molecule has 7 heteroatoms. The Bertz CT molecular complexity index is 746. The molecule has 0 aliphatic carbocycles. The van der Waals surface area contributed by atoms with Gasteiger partial charge in [0.15, 0.2) is 0 Å². The minimum atomic E-state index is -0.512. The van der Waals surface area contributed by atoms with E-state index in [2.05, 4.69) is 10.3 Å². The number of rotatable bonds is 6. The highest BCUT2D eigenvalue weighted by Gasteiger charge is 2.28. The third kappa shape index (κ3) is 6.15. The second kappa shape index (κ2) is 8.80. The summed E-state index contributed by atoms with van der Waals surface area (Å²) in [5, 5.41) is 3.44. The monoisotopic (exact) mass is 375 g/mol. The van der Waals surface area contributed by atoms with E-state index in [-0.39, 0.29) is 29.9 Å². The Hall–Kier alpha value is -2.41. The van der Waals surface area contributed by atoms with E-state index in [1.807, 2.05) is 39.0 Å². The summed E-state index contributed by atoms with van der Waals surface area (Å²) >= 11 is 1.33. The van der Waals surface area contributed by atoms with E-state index in [0.717, 1.165) is 5.03 Å². The van der Waals surface area contributed by atoms with E-state index >= 15 is 0 Å². The molecular weight excluding hydrogens is 353 g/mol. The number of thioether (sulfide) groups is 1. The van der Waals surface area contributed by atoms with Gasteiger partial charge in [-0.2, -0.15) is 0 Å². The van der Waals surface area contributed by atoms with E-state index in [0.29, 0.717) is 5.69 Å². The summed E-state index contributed by atoms with van der Waals surface area (Å²) < 4.78 is 12.9. The molecular formula is C19H22FN3O2S.